The maximum atomic E-state index is 12.4. The smallest absolute Gasteiger partial charge is 0.311 e. The van der Waals surface area contributed by atoms with Crippen molar-refractivity contribution in [2.75, 3.05) is 13.1 Å². The molecule has 0 bridgehead atoms. The Balaban J connectivity index is 2.20. The first-order chi connectivity index (χ1) is 9.33. The average molecular weight is 361 g/mol. The van der Waals surface area contributed by atoms with Crippen LogP contribution in [0.2, 0.25) is 5.02 Å². The molecule has 4 nitrogen and oxygen atoms in total. The van der Waals surface area contributed by atoms with E-state index in [1.165, 1.54) is 0 Å². The molecule has 1 aliphatic heterocycles. The van der Waals surface area contributed by atoms with Crippen molar-refractivity contribution in [3.05, 3.63) is 33.3 Å². The van der Waals surface area contributed by atoms with Crippen molar-refractivity contribution >= 4 is 39.4 Å². The van der Waals surface area contributed by atoms with E-state index in [-0.39, 0.29) is 12.5 Å². The van der Waals surface area contributed by atoms with Gasteiger partial charge in [-0.1, -0.05) is 11.6 Å². The normalized spacial score (nSPS) is 22.6. The number of benzene rings is 1. The van der Waals surface area contributed by atoms with Gasteiger partial charge in [0.1, 0.15) is 0 Å². The Morgan fingerprint density at radius 3 is 2.75 bits per heavy atom. The molecular formula is C14H15BrClNO3. The highest BCUT2D eigenvalue weighted by atomic mass is 79.9. The van der Waals surface area contributed by atoms with E-state index >= 15 is 0 Å². The van der Waals surface area contributed by atoms with Gasteiger partial charge >= 0.3 is 5.97 Å². The fourth-order valence-corrected chi connectivity index (χ4v) is 2.90. The van der Waals surface area contributed by atoms with Crippen molar-refractivity contribution < 1.29 is 14.7 Å². The van der Waals surface area contributed by atoms with Crippen LogP contribution in [0.5, 0.6) is 0 Å². The number of carboxylic acids is 1. The molecule has 0 radical (unpaired) electrons. The van der Waals surface area contributed by atoms with E-state index < -0.39 is 11.4 Å². The van der Waals surface area contributed by atoms with Crippen LogP contribution in [0.15, 0.2) is 22.7 Å². The Kier molecular flexibility index (Phi) is 4.39. The van der Waals surface area contributed by atoms with Gasteiger partial charge in [-0.15, -0.1) is 0 Å². The third-order valence-electron chi connectivity index (χ3n) is 3.67. The zero-order valence-corrected chi connectivity index (χ0v) is 13.4. The minimum absolute atomic E-state index is 0.158. The van der Waals surface area contributed by atoms with E-state index in [0.717, 1.165) is 0 Å². The molecule has 108 valence electrons. The first-order valence-corrected chi connectivity index (χ1v) is 7.48. The summed E-state index contributed by atoms with van der Waals surface area (Å²) in [5, 5.41) is 9.82. The van der Waals surface area contributed by atoms with E-state index in [2.05, 4.69) is 15.9 Å². The molecule has 20 heavy (non-hydrogen) atoms. The molecule has 0 aliphatic carbocycles. The van der Waals surface area contributed by atoms with E-state index in [0.29, 0.717) is 34.4 Å². The summed E-state index contributed by atoms with van der Waals surface area (Å²) in [6.45, 7) is 2.51. The van der Waals surface area contributed by atoms with Crippen LogP contribution in [-0.4, -0.2) is 35.0 Å². The summed E-state index contributed by atoms with van der Waals surface area (Å²) in [6.07, 6.45) is 1.29. The minimum atomic E-state index is -0.864. The lowest BCUT2D eigenvalue weighted by Crippen LogP contribution is -2.48. The number of likely N-dealkylation sites (tertiary alicyclic amines) is 1. The Morgan fingerprint density at radius 2 is 2.15 bits per heavy atom. The number of rotatable bonds is 2. The topological polar surface area (TPSA) is 57.6 Å². The predicted octanol–water partition coefficient (Wildman–Crippen LogP) is 3.43. The highest BCUT2D eigenvalue weighted by Crippen LogP contribution is 2.31. The Morgan fingerprint density at radius 1 is 1.45 bits per heavy atom. The van der Waals surface area contributed by atoms with Gasteiger partial charge in [0.25, 0.3) is 5.91 Å². The third kappa shape index (κ3) is 2.99. The Labute approximate surface area is 130 Å². The molecule has 1 aromatic carbocycles. The van der Waals surface area contributed by atoms with Crippen LogP contribution in [0.3, 0.4) is 0 Å². The summed E-state index contributed by atoms with van der Waals surface area (Å²) in [7, 11) is 0. The molecule has 0 spiro atoms. The van der Waals surface area contributed by atoms with E-state index in [1.54, 1.807) is 30.0 Å². The quantitative estimate of drug-likeness (QED) is 0.879. The standard InChI is InChI=1S/C14H15BrClNO3/c1-14(13(19)20)5-2-6-17(8-14)12(18)9-3-4-11(16)10(15)7-9/h3-4,7H,2,5-6,8H2,1H3,(H,19,20). The third-order valence-corrected chi connectivity index (χ3v) is 4.88. The van der Waals surface area contributed by atoms with Crippen LogP contribution in [0.25, 0.3) is 0 Å². The Hall–Kier alpha value is -1.07. The van der Waals surface area contributed by atoms with Gasteiger partial charge in [0.05, 0.1) is 10.4 Å². The second kappa shape index (κ2) is 5.74. The van der Waals surface area contributed by atoms with E-state index in [4.69, 9.17) is 11.6 Å². The van der Waals surface area contributed by atoms with Gasteiger partial charge in [0.2, 0.25) is 0 Å². The highest BCUT2D eigenvalue weighted by molar-refractivity contribution is 9.10. The number of carboxylic acid groups (broad SMARTS) is 1. The zero-order valence-electron chi connectivity index (χ0n) is 11.0. The summed E-state index contributed by atoms with van der Waals surface area (Å²) in [5.74, 6) is -1.01. The molecule has 1 heterocycles. The molecule has 1 atom stereocenters. The first kappa shape index (κ1) is 15.3. The van der Waals surface area contributed by atoms with Gasteiger partial charge in [0, 0.05) is 23.1 Å². The average Bonchev–Trinajstić information content (AvgIpc) is 2.41. The van der Waals surface area contributed by atoms with Crippen molar-refractivity contribution in [2.24, 2.45) is 5.41 Å². The van der Waals surface area contributed by atoms with Crippen molar-refractivity contribution in [3.63, 3.8) is 0 Å². The largest absolute Gasteiger partial charge is 0.481 e. The fraction of sp³-hybridized carbons (Fsp3) is 0.429. The molecule has 1 saturated heterocycles. The van der Waals surface area contributed by atoms with Crippen molar-refractivity contribution in [1.82, 2.24) is 4.90 Å². The lowest BCUT2D eigenvalue weighted by Gasteiger charge is -2.37. The van der Waals surface area contributed by atoms with Crippen molar-refractivity contribution in [2.45, 2.75) is 19.8 Å². The van der Waals surface area contributed by atoms with Crippen molar-refractivity contribution in [3.8, 4) is 0 Å². The second-order valence-corrected chi connectivity index (χ2v) is 6.59. The molecule has 1 aromatic rings. The molecule has 0 saturated carbocycles. The molecule has 1 N–H and O–H groups in total. The monoisotopic (exact) mass is 359 g/mol. The number of carbonyl (C=O) groups excluding carboxylic acids is 1. The number of nitrogens with zero attached hydrogens (tertiary/aromatic N) is 1. The SMILES string of the molecule is CC1(C(=O)O)CCCN(C(=O)c2ccc(Cl)c(Br)c2)C1. The van der Waals surface area contributed by atoms with Gasteiger partial charge in [-0.25, -0.2) is 0 Å². The van der Waals surface area contributed by atoms with Gasteiger partial charge in [-0.3, -0.25) is 9.59 Å². The molecule has 1 unspecified atom stereocenters. The molecule has 6 heteroatoms. The van der Waals surface area contributed by atoms with E-state index in [1.807, 2.05) is 0 Å². The number of hydrogen-bond donors (Lipinski definition) is 1. The molecule has 1 amide bonds. The maximum absolute atomic E-state index is 12.4. The van der Waals surface area contributed by atoms with Crippen LogP contribution in [0.4, 0.5) is 0 Å². The number of aliphatic carboxylic acids is 1. The molecule has 2 rings (SSSR count). The maximum Gasteiger partial charge on any atom is 0.311 e. The zero-order chi connectivity index (χ0) is 14.9. The number of piperidine rings is 1. The van der Waals surface area contributed by atoms with Gasteiger partial charge in [0.15, 0.2) is 0 Å². The second-order valence-electron chi connectivity index (χ2n) is 5.32. The lowest BCUT2D eigenvalue weighted by molar-refractivity contribution is -0.150. The van der Waals surface area contributed by atoms with Crippen LogP contribution in [-0.2, 0) is 4.79 Å². The summed E-state index contributed by atoms with van der Waals surface area (Å²) in [4.78, 5) is 25.4. The van der Waals surface area contributed by atoms with Crippen LogP contribution in [0, 0.1) is 5.41 Å². The predicted molar refractivity (Wildman–Crippen MR) is 80.0 cm³/mol. The molecular weight excluding hydrogens is 346 g/mol. The van der Waals surface area contributed by atoms with Gasteiger partial charge in [-0.2, -0.15) is 0 Å². The molecule has 1 aliphatic rings. The highest BCUT2D eigenvalue weighted by Gasteiger charge is 2.39. The number of carbonyl (C=O) groups is 2. The van der Waals surface area contributed by atoms with Crippen molar-refractivity contribution in [1.29, 1.82) is 0 Å². The van der Waals surface area contributed by atoms with Crippen LogP contribution >= 0.6 is 27.5 Å². The Bertz CT molecular complexity index is 563. The number of hydrogen-bond acceptors (Lipinski definition) is 2. The van der Waals surface area contributed by atoms with Crippen LogP contribution < -0.4 is 0 Å². The van der Waals surface area contributed by atoms with E-state index in [9.17, 15) is 14.7 Å². The molecule has 0 aromatic heterocycles. The van der Waals surface area contributed by atoms with Gasteiger partial charge in [-0.05, 0) is 53.9 Å². The lowest BCUT2D eigenvalue weighted by atomic mass is 9.82. The fourth-order valence-electron chi connectivity index (χ4n) is 2.40. The van der Waals surface area contributed by atoms with Gasteiger partial charge < -0.3 is 10.0 Å². The summed E-state index contributed by atoms with van der Waals surface area (Å²) in [6, 6.07) is 4.97. The number of amides is 1. The van der Waals surface area contributed by atoms with Crippen LogP contribution in [0.1, 0.15) is 30.1 Å². The molecule has 1 fully saturated rings. The summed E-state index contributed by atoms with van der Waals surface area (Å²) < 4.78 is 0.656. The summed E-state index contributed by atoms with van der Waals surface area (Å²) in [5.41, 5.74) is -0.353. The number of halogens is 2. The summed E-state index contributed by atoms with van der Waals surface area (Å²) >= 11 is 9.20. The first-order valence-electron chi connectivity index (χ1n) is 6.31. The minimum Gasteiger partial charge on any atom is -0.481 e.